The highest BCUT2D eigenvalue weighted by Gasteiger charge is 2.21. The van der Waals surface area contributed by atoms with Gasteiger partial charge in [-0.3, -0.25) is 0 Å². The van der Waals surface area contributed by atoms with Crippen molar-refractivity contribution < 1.29 is 4.79 Å². The molecule has 0 aromatic heterocycles. The van der Waals surface area contributed by atoms with Gasteiger partial charge in [0.15, 0.2) is 0 Å². The molecule has 1 saturated heterocycles. The fourth-order valence-electron chi connectivity index (χ4n) is 2.68. The van der Waals surface area contributed by atoms with E-state index in [1.165, 1.54) is 0 Å². The number of halogens is 1. The Morgan fingerprint density at radius 1 is 1.08 bits per heavy atom. The SMILES string of the molecule is N#Cc1ccc(N2CCN(C(=O)Nc3cccc(Br)c3)CC2)cc1. The smallest absolute Gasteiger partial charge is 0.321 e. The summed E-state index contributed by atoms with van der Waals surface area (Å²) in [6.45, 7) is 2.88. The van der Waals surface area contributed by atoms with Gasteiger partial charge in [0.1, 0.15) is 0 Å². The number of piperazine rings is 1. The van der Waals surface area contributed by atoms with Crippen LogP contribution < -0.4 is 10.2 Å². The molecule has 1 fully saturated rings. The van der Waals surface area contributed by atoms with E-state index >= 15 is 0 Å². The fourth-order valence-corrected chi connectivity index (χ4v) is 3.08. The van der Waals surface area contributed by atoms with Crippen molar-refractivity contribution in [2.24, 2.45) is 0 Å². The number of urea groups is 1. The Hall–Kier alpha value is -2.52. The van der Waals surface area contributed by atoms with E-state index in [-0.39, 0.29) is 6.03 Å². The molecule has 5 nitrogen and oxygen atoms in total. The molecule has 6 heteroatoms. The Balaban J connectivity index is 1.56. The lowest BCUT2D eigenvalue weighted by Crippen LogP contribution is -2.50. The van der Waals surface area contributed by atoms with Gasteiger partial charge in [0.25, 0.3) is 0 Å². The van der Waals surface area contributed by atoms with Crippen LogP contribution in [-0.2, 0) is 0 Å². The average molecular weight is 385 g/mol. The topological polar surface area (TPSA) is 59.4 Å². The van der Waals surface area contributed by atoms with Gasteiger partial charge in [0.05, 0.1) is 11.6 Å². The van der Waals surface area contributed by atoms with Gasteiger partial charge < -0.3 is 15.1 Å². The molecule has 1 aliphatic heterocycles. The highest BCUT2D eigenvalue weighted by atomic mass is 79.9. The average Bonchev–Trinajstić information content (AvgIpc) is 2.62. The Morgan fingerprint density at radius 3 is 2.42 bits per heavy atom. The van der Waals surface area contributed by atoms with Crippen molar-refractivity contribution in [3.05, 3.63) is 58.6 Å². The lowest BCUT2D eigenvalue weighted by atomic mass is 10.2. The summed E-state index contributed by atoms with van der Waals surface area (Å²) in [5.74, 6) is 0. The van der Waals surface area contributed by atoms with Crippen molar-refractivity contribution in [2.75, 3.05) is 36.4 Å². The first-order valence-corrected chi connectivity index (χ1v) is 8.51. The summed E-state index contributed by atoms with van der Waals surface area (Å²) in [6.07, 6.45) is 0. The van der Waals surface area contributed by atoms with Gasteiger partial charge in [0.2, 0.25) is 0 Å². The normalized spacial score (nSPS) is 14.2. The molecule has 2 amide bonds. The molecule has 1 N–H and O–H groups in total. The summed E-state index contributed by atoms with van der Waals surface area (Å²) in [5, 5.41) is 11.8. The summed E-state index contributed by atoms with van der Waals surface area (Å²) in [4.78, 5) is 16.4. The van der Waals surface area contributed by atoms with E-state index in [2.05, 4.69) is 32.2 Å². The largest absolute Gasteiger partial charge is 0.368 e. The van der Waals surface area contributed by atoms with Crippen molar-refractivity contribution in [2.45, 2.75) is 0 Å². The molecule has 0 aliphatic carbocycles. The van der Waals surface area contributed by atoms with Crippen LogP contribution in [0.15, 0.2) is 53.0 Å². The van der Waals surface area contributed by atoms with E-state index in [0.717, 1.165) is 28.9 Å². The van der Waals surface area contributed by atoms with Crippen LogP contribution in [0.2, 0.25) is 0 Å². The van der Waals surface area contributed by atoms with Crippen molar-refractivity contribution in [3.63, 3.8) is 0 Å². The maximum absolute atomic E-state index is 12.4. The van der Waals surface area contributed by atoms with Gasteiger partial charge in [-0.25, -0.2) is 4.79 Å². The second-order valence-corrected chi connectivity index (χ2v) is 6.49. The molecular formula is C18H17BrN4O. The Kier molecular flexibility index (Phi) is 5.02. The standard InChI is InChI=1S/C18H17BrN4O/c19-15-2-1-3-16(12-15)21-18(24)23-10-8-22(9-11-23)17-6-4-14(13-20)5-7-17/h1-7,12H,8-11H2,(H,21,24). The monoisotopic (exact) mass is 384 g/mol. The summed E-state index contributed by atoms with van der Waals surface area (Å²) < 4.78 is 0.936. The molecule has 1 heterocycles. The first-order chi connectivity index (χ1) is 11.7. The zero-order valence-electron chi connectivity index (χ0n) is 13.1. The van der Waals surface area contributed by atoms with Crippen LogP contribution in [0.1, 0.15) is 5.56 Å². The van der Waals surface area contributed by atoms with Crippen molar-refractivity contribution in [1.29, 1.82) is 5.26 Å². The van der Waals surface area contributed by atoms with Gasteiger partial charge in [-0.2, -0.15) is 5.26 Å². The van der Waals surface area contributed by atoms with Crippen LogP contribution >= 0.6 is 15.9 Å². The number of nitrogens with zero attached hydrogens (tertiary/aromatic N) is 3. The molecule has 0 atom stereocenters. The van der Waals surface area contributed by atoms with Crippen molar-refractivity contribution in [1.82, 2.24) is 4.90 Å². The predicted octanol–water partition coefficient (Wildman–Crippen LogP) is 3.67. The molecule has 1 aliphatic rings. The lowest BCUT2D eigenvalue weighted by molar-refractivity contribution is 0.208. The van der Waals surface area contributed by atoms with E-state index in [4.69, 9.17) is 5.26 Å². The lowest BCUT2D eigenvalue weighted by Gasteiger charge is -2.36. The minimum atomic E-state index is -0.0763. The molecule has 2 aromatic carbocycles. The molecule has 0 radical (unpaired) electrons. The molecule has 2 aromatic rings. The van der Waals surface area contributed by atoms with Crippen LogP contribution in [0.3, 0.4) is 0 Å². The number of carbonyl (C=O) groups excluding carboxylic acids is 1. The van der Waals surface area contributed by atoms with E-state index in [0.29, 0.717) is 18.7 Å². The fraction of sp³-hybridized carbons (Fsp3) is 0.222. The molecule has 122 valence electrons. The molecule has 0 unspecified atom stereocenters. The minimum Gasteiger partial charge on any atom is -0.368 e. The number of carbonyl (C=O) groups is 1. The highest BCUT2D eigenvalue weighted by molar-refractivity contribution is 9.10. The zero-order chi connectivity index (χ0) is 16.9. The van der Waals surface area contributed by atoms with Crippen LogP contribution in [0.5, 0.6) is 0 Å². The Bertz CT molecular complexity index is 761. The van der Waals surface area contributed by atoms with Crippen LogP contribution in [-0.4, -0.2) is 37.1 Å². The third kappa shape index (κ3) is 3.87. The molecule has 3 rings (SSSR count). The summed E-state index contributed by atoms with van der Waals surface area (Å²) >= 11 is 3.40. The van der Waals surface area contributed by atoms with Crippen molar-refractivity contribution >= 4 is 33.3 Å². The number of hydrogen-bond donors (Lipinski definition) is 1. The van der Waals surface area contributed by atoms with Crippen molar-refractivity contribution in [3.8, 4) is 6.07 Å². The number of nitrogens with one attached hydrogen (secondary N) is 1. The van der Waals surface area contributed by atoms with E-state index in [1.807, 2.05) is 53.4 Å². The summed E-state index contributed by atoms with van der Waals surface area (Å²) in [7, 11) is 0. The molecule has 24 heavy (non-hydrogen) atoms. The third-order valence-electron chi connectivity index (χ3n) is 4.00. The Labute approximate surface area is 149 Å². The van der Waals surface area contributed by atoms with E-state index < -0.39 is 0 Å². The molecular weight excluding hydrogens is 368 g/mol. The quantitative estimate of drug-likeness (QED) is 0.858. The van der Waals surface area contributed by atoms with Gasteiger partial charge in [0, 0.05) is 42.0 Å². The zero-order valence-corrected chi connectivity index (χ0v) is 14.7. The first kappa shape index (κ1) is 16.3. The third-order valence-corrected chi connectivity index (χ3v) is 4.50. The van der Waals surface area contributed by atoms with Gasteiger partial charge >= 0.3 is 6.03 Å². The van der Waals surface area contributed by atoms with Gasteiger partial charge in [-0.1, -0.05) is 22.0 Å². The second-order valence-electron chi connectivity index (χ2n) is 5.57. The van der Waals surface area contributed by atoms with E-state index in [1.54, 1.807) is 0 Å². The maximum Gasteiger partial charge on any atom is 0.321 e. The van der Waals surface area contributed by atoms with E-state index in [9.17, 15) is 4.79 Å². The molecule has 0 bridgehead atoms. The van der Waals surface area contributed by atoms with Crippen LogP contribution in [0.25, 0.3) is 0 Å². The second kappa shape index (κ2) is 7.37. The predicted molar refractivity (Wildman–Crippen MR) is 98.1 cm³/mol. The van der Waals surface area contributed by atoms with Crippen LogP contribution in [0, 0.1) is 11.3 Å². The number of nitriles is 1. The minimum absolute atomic E-state index is 0.0763. The number of amides is 2. The number of anilines is 2. The number of hydrogen-bond acceptors (Lipinski definition) is 3. The van der Waals surface area contributed by atoms with Crippen LogP contribution in [0.4, 0.5) is 16.2 Å². The summed E-state index contributed by atoms with van der Waals surface area (Å²) in [6, 6.07) is 17.2. The number of rotatable bonds is 2. The van der Waals surface area contributed by atoms with Gasteiger partial charge in [-0.15, -0.1) is 0 Å². The number of benzene rings is 2. The van der Waals surface area contributed by atoms with Gasteiger partial charge in [-0.05, 0) is 42.5 Å². The molecule has 0 saturated carbocycles. The first-order valence-electron chi connectivity index (χ1n) is 7.72. The maximum atomic E-state index is 12.4. The highest BCUT2D eigenvalue weighted by Crippen LogP contribution is 2.19. The Morgan fingerprint density at radius 2 is 1.79 bits per heavy atom. The summed E-state index contributed by atoms with van der Waals surface area (Å²) in [5.41, 5.74) is 2.52. The molecule has 0 spiro atoms.